The van der Waals surface area contributed by atoms with Crippen molar-refractivity contribution in [3.63, 3.8) is 0 Å². The van der Waals surface area contributed by atoms with Crippen LogP contribution in [0.15, 0.2) is 28.9 Å². The number of sulfonamides is 1. The minimum atomic E-state index is -3.46. The Kier molecular flexibility index (Phi) is 3.84. The Hall–Kier alpha value is -1.18. The summed E-state index contributed by atoms with van der Waals surface area (Å²) in [6.45, 7) is 3.11. The molecule has 2 rings (SSSR count). The Bertz CT molecular complexity index is 548. The summed E-state index contributed by atoms with van der Waals surface area (Å²) in [7, 11) is -3.46. The van der Waals surface area contributed by atoms with Gasteiger partial charge in [-0.05, 0) is 13.3 Å². The topological polar surface area (TPSA) is 75.4 Å². The third-order valence-corrected chi connectivity index (χ3v) is 4.67. The van der Waals surface area contributed by atoms with E-state index in [1.807, 2.05) is 6.92 Å². The second-order valence-electron chi connectivity index (χ2n) is 4.34. The van der Waals surface area contributed by atoms with E-state index in [0.29, 0.717) is 19.6 Å². The van der Waals surface area contributed by atoms with E-state index in [4.69, 9.17) is 5.11 Å². The summed E-state index contributed by atoms with van der Waals surface area (Å²) in [5.41, 5.74) is 1.06. The first kappa shape index (κ1) is 13.3. The summed E-state index contributed by atoms with van der Waals surface area (Å²) in [5, 5.41) is 12.7. The molecule has 0 aromatic carbocycles. The normalized spacial score (nSPS) is 17.8. The highest BCUT2D eigenvalue weighted by Crippen LogP contribution is 2.19. The minimum absolute atomic E-state index is 0.0628. The molecule has 0 bridgehead atoms. The van der Waals surface area contributed by atoms with E-state index in [1.165, 1.54) is 21.4 Å². The van der Waals surface area contributed by atoms with Crippen molar-refractivity contribution in [3.8, 4) is 0 Å². The highest BCUT2D eigenvalue weighted by Gasteiger charge is 2.27. The zero-order chi connectivity index (χ0) is 13.2. The molecule has 2 heterocycles. The lowest BCUT2D eigenvalue weighted by molar-refractivity contribution is 0.269. The van der Waals surface area contributed by atoms with Crippen molar-refractivity contribution in [3.05, 3.63) is 24.0 Å². The summed E-state index contributed by atoms with van der Waals surface area (Å²) in [4.78, 5) is 0.186. The molecule has 100 valence electrons. The van der Waals surface area contributed by atoms with Crippen LogP contribution in [0.2, 0.25) is 0 Å². The SMILES string of the molecule is CC1=CCCN(S(=O)(=O)c2cnn(CCO)c2)C1. The molecule has 0 amide bonds. The van der Waals surface area contributed by atoms with Gasteiger partial charge in [-0.2, -0.15) is 9.40 Å². The smallest absolute Gasteiger partial charge is 0.246 e. The van der Waals surface area contributed by atoms with Crippen LogP contribution >= 0.6 is 0 Å². The number of hydrogen-bond acceptors (Lipinski definition) is 4. The summed E-state index contributed by atoms with van der Waals surface area (Å²) in [5.74, 6) is 0. The average molecular weight is 271 g/mol. The van der Waals surface area contributed by atoms with Crippen LogP contribution in [-0.2, 0) is 16.6 Å². The van der Waals surface area contributed by atoms with Crippen LogP contribution in [0.1, 0.15) is 13.3 Å². The van der Waals surface area contributed by atoms with Gasteiger partial charge in [-0.1, -0.05) is 11.6 Å². The molecule has 1 aromatic heterocycles. The van der Waals surface area contributed by atoms with E-state index >= 15 is 0 Å². The number of nitrogens with zero attached hydrogens (tertiary/aromatic N) is 3. The van der Waals surface area contributed by atoms with E-state index in [1.54, 1.807) is 0 Å². The molecule has 0 radical (unpaired) electrons. The van der Waals surface area contributed by atoms with Crippen LogP contribution in [0.4, 0.5) is 0 Å². The zero-order valence-electron chi connectivity index (χ0n) is 10.3. The van der Waals surface area contributed by atoms with Gasteiger partial charge in [0.05, 0.1) is 19.3 Å². The quantitative estimate of drug-likeness (QED) is 0.795. The number of aromatic nitrogens is 2. The van der Waals surface area contributed by atoms with Crippen LogP contribution in [-0.4, -0.2) is 47.3 Å². The largest absolute Gasteiger partial charge is 0.394 e. The van der Waals surface area contributed by atoms with Gasteiger partial charge in [-0.25, -0.2) is 8.42 Å². The van der Waals surface area contributed by atoms with Crippen molar-refractivity contribution in [1.82, 2.24) is 14.1 Å². The molecule has 0 atom stereocenters. The first-order chi connectivity index (χ1) is 8.54. The monoisotopic (exact) mass is 271 g/mol. The van der Waals surface area contributed by atoms with E-state index in [0.717, 1.165) is 12.0 Å². The lowest BCUT2D eigenvalue weighted by atomic mass is 10.2. The maximum absolute atomic E-state index is 12.3. The van der Waals surface area contributed by atoms with Gasteiger partial charge in [0.25, 0.3) is 0 Å². The second-order valence-corrected chi connectivity index (χ2v) is 6.28. The maximum Gasteiger partial charge on any atom is 0.246 e. The van der Waals surface area contributed by atoms with Gasteiger partial charge in [-0.15, -0.1) is 0 Å². The first-order valence-corrected chi connectivity index (χ1v) is 7.27. The number of aliphatic hydroxyl groups is 1. The molecule has 7 heteroatoms. The fraction of sp³-hybridized carbons (Fsp3) is 0.545. The molecule has 0 unspecified atom stereocenters. The Morgan fingerprint density at radius 1 is 1.50 bits per heavy atom. The highest BCUT2D eigenvalue weighted by atomic mass is 32.2. The van der Waals surface area contributed by atoms with Crippen molar-refractivity contribution in [2.75, 3.05) is 19.7 Å². The Balaban J connectivity index is 2.22. The first-order valence-electron chi connectivity index (χ1n) is 5.83. The maximum atomic E-state index is 12.3. The predicted octanol–water partition coefficient (Wildman–Crippen LogP) is 0.216. The van der Waals surface area contributed by atoms with Crippen molar-refractivity contribution >= 4 is 10.0 Å². The highest BCUT2D eigenvalue weighted by molar-refractivity contribution is 7.89. The van der Waals surface area contributed by atoms with Gasteiger partial charge < -0.3 is 5.11 Å². The molecule has 1 aliphatic rings. The van der Waals surface area contributed by atoms with E-state index < -0.39 is 10.0 Å². The van der Waals surface area contributed by atoms with Crippen molar-refractivity contribution < 1.29 is 13.5 Å². The minimum Gasteiger partial charge on any atom is -0.394 e. The van der Waals surface area contributed by atoms with E-state index in [9.17, 15) is 8.42 Å². The fourth-order valence-electron chi connectivity index (χ4n) is 1.93. The standard InChI is InChI=1S/C11H17N3O3S/c1-10-3-2-4-14(8-10)18(16,17)11-7-12-13(9-11)5-6-15/h3,7,9,15H,2,4-6,8H2,1H3. The van der Waals surface area contributed by atoms with Gasteiger partial charge in [0.2, 0.25) is 10.0 Å². The molecule has 0 saturated heterocycles. The summed E-state index contributed by atoms with van der Waals surface area (Å²) in [6, 6.07) is 0. The Morgan fingerprint density at radius 3 is 2.94 bits per heavy atom. The second kappa shape index (κ2) is 5.21. The summed E-state index contributed by atoms with van der Waals surface area (Å²) < 4.78 is 27.6. The molecule has 0 spiro atoms. The van der Waals surface area contributed by atoms with Crippen molar-refractivity contribution in [2.45, 2.75) is 24.8 Å². The van der Waals surface area contributed by atoms with Gasteiger partial charge in [0, 0.05) is 19.3 Å². The molecule has 0 fully saturated rings. The summed E-state index contributed by atoms with van der Waals surface area (Å²) >= 11 is 0. The molecule has 1 N–H and O–H groups in total. The van der Waals surface area contributed by atoms with Gasteiger partial charge in [0.15, 0.2) is 0 Å². The number of aliphatic hydroxyl groups excluding tert-OH is 1. The molecule has 1 aromatic rings. The lowest BCUT2D eigenvalue weighted by Crippen LogP contribution is -2.35. The number of hydrogen-bond donors (Lipinski definition) is 1. The molecule has 1 aliphatic heterocycles. The molecule has 0 saturated carbocycles. The summed E-state index contributed by atoms with van der Waals surface area (Å²) in [6.07, 6.45) is 5.59. The van der Waals surface area contributed by atoms with Crippen molar-refractivity contribution in [1.29, 1.82) is 0 Å². The van der Waals surface area contributed by atoms with Gasteiger partial charge in [-0.3, -0.25) is 4.68 Å². The third-order valence-electron chi connectivity index (χ3n) is 2.87. The molecule has 0 aliphatic carbocycles. The fourth-order valence-corrected chi connectivity index (χ4v) is 3.39. The van der Waals surface area contributed by atoms with E-state index in [-0.39, 0.29) is 11.5 Å². The number of rotatable bonds is 4. The Morgan fingerprint density at radius 2 is 2.28 bits per heavy atom. The zero-order valence-corrected chi connectivity index (χ0v) is 11.1. The third kappa shape index (κ3) is 2.63. The van der Waals surface area contributed by atoms with Crippen LogP contribution in [0, 0.1) is 0 Å². The van der Waals surface area contributed by atoms with Gasteiger partial charge >= 0.3 is 0 Å². The van der Waals surface area contributed by atoms with E-state index in [2.05, 4.69) is 11.2 Å². The van der Waals surface area contributed by atoms with Crippen molar-refractivity contribution in [2.24, 2.45) is 0 Å². The van der Waals surface area contributed by atoms with Crippen LogP contribution < -0.4 is 0 Å². The van der Waals surface area contributed by atoms with Crippen LogP contribution in [0.3, 0.4) is 0 Å². The average Bonchev–Trinajstić information content (AvgIpc) is 2.79. The van der Waals surface area contributed by atoms with Crippen LogP contribution in [0.25, 0.3) is 0 Å². The van der Waals surface area contributed by atoms with Gasteiger partial charge in [0.1, 0.15) is 4.90 Å². The molecular formula is C11H17N3O3S. The lowest BCUT2D eigenvalue weighted by Gasteiger charge is -2.24. The molecule has 18 heavy (non-hydrogen) atoms. The molecule has 6 nitrogen and oxygen atoms in total. The Labute approximate surface area is 107 Å². The van der Waals surface area contributed by atoms with Crippen LogP contribution in [0.5, 0.6) is 0 Å². The predicted molar refractivity (Wildman–Crippen MR) is 66.4 cm³/mol. The molecular weight excluding hydrogens is 254 g/mol.